The van der Waals surface area contributed by atoms with Crippen LogP contribution in [0, 0.1) is 5.92 Å². The van der Waals surface area contributed by atoms with Crippen molar-refractivity contribution in [2.45, 2.75) is 33.2 Å². The Morgan fingerprint density at radius 1 is 1.35 bits per heavy atom. The molecule has 0 saturated carbocycles. The third-order valence-electron chi connectivity index (χ3n) is 3.10. The van der Waals surface area contributed by atoms with Crippen molar-refractivity contribution in [1.29, 1.82) is 0 Å². The van der Waals surface area contributed by atoms with Crippen LogP contribution in [-0.2, 0) is 4.79 Å². The lowest BCUT2D eigenvalue weighted by Gasteiger charge is -2.20. The van der Waals surface area contributed by atoms with Crippen LogP contribution in [0.4, 0.5) is 0 Å². The second-order valence-corrected chi connectivity index (χ2v) is 5.44. The highest BCUT2D eigenvalue weighted by molar-refractivity contribution is 7.80. The Bertz CT molecular complexity index is 457. The number of carbonyl (C=O) groups excluding carboxylic acids is 1. The fraction of sp³-hybridized carbons (Fsp3) is 0.467. The van der Waals surface area contributed by atoms with Gasteiger partial charge in [-0.1, -0.05) is 33.0 Å². The molecule has 1 amide bonds. The van der Waals surface area contributed by atoms with E-state index in [1.54, 1.807) is 24.3 Å². The molecule has 4 nitrogen and oxygen atoms in total. The summed E-state index contributed by atoms with van der Waals surface area (Å²) in [4.78, 5) is 12.1. The van der Waals surface area contributed by atoms with Gasteiger partial charge < -0.3 is 15.8 Å². The first-order chi connectivity index (χ1) is 9.43. The number of hydrogen-bond acceptors (Lipinski definition) is 3. The predicted molar refractivity (Wildman–Crippen MR) is 84.9 cm³/mol. The highest BCUT2D eigenvalue weighted by Gasteiger charge is 2.14. The minimum atomic E-state index is -0.107. The molecule has 110 valence electrons. The molecule has 0 heterocycles. The number of amides is 1. The van der Waals surface area contributed by atoms with E-state index in [4.69, 9.17) is 22.7 Å². The molecule has 0 bridgehead atoms. The number of rotatable bonds is 7. The standard InChI is InChI=1S/C15H22N2O2S/c1-4-13(10(2)3)17-14(18)9-19-12-7-5-11(6-8-12)15(16)20/h5-8,10,13H,4,9H2,1-3H3,(H2,16,20)(H,17,18). The first kappa shape index (κ1) is 16.4. The summed E-state index contributed by atoms with van der Waals surface area (Å²) in [6, 6.07) is 7.24. The summed E-state index contributed by atoms with van der Waals surface area (Å²) in [5.74, 6) is 0.926. The van der Waals surface area contributed by atoms with Gasteiger partial charge in [0.1, 0.15) is 10.7 Å². The van der Waals surface area contributed by atoms with Crippen LogP contribution >= 0.6 is 12.2 Å². The molecule has 3 N–H and O–H groups in total. The Morgan fingerprint density at radius 2 is 1.95 bits per heavy atom. The average molecular weight is 294 g/mol. The Morgan fingerprint density at radius 3 is 2.40 bits per heavy atom. The summed E-state index contributed by atoms with van der Waals surface area (Å²) < 4.78 is 5.43. The second-order valence-electron chi connectivity index (χ2n) is 5.00. The molecule has 0 aliphatic rings. The fourth-order valence-electron chi connectivity index (χ4n) is 1.85. The van der Waals surface area contributed by atoms with Gasteiger partial charge in [-0.15, -0.1) is 0 Å². The third-order valence-corrected chi connectivity index (χ3v) is 3.34. The summed E-state index contributed by atoms with van der Waals surface area (Å²) in [6.45, 7) is 6.24. The van der Waals surface area contributed by atoms with E-state index in [-0.39, 0.29) is 18.6 Å². The van der Waals surface area contributed by atoms with Crippen LogP contribution in [0.15, 0.2) is 24.3 Å². The largest absolute Gasteiger partial charge is 0.484 e. The highest BCUT2D eigenvalue weighted by atomic mass is 32.1. The molecule has 0 radical (unpaired) electrons. The van der Waals surface area contributed by atoms with E-state index in [2.05, 4.69) is 26.1 Å². The van der Waals surface area contributed by atoms with Gasteiger partial charge in [0.15, 0.2) is 6.61 Å². The zero-order valence-electron chi connectivity index (χ0n) is 12.2. The summed E-state index contributed by atoms with van der Waals surface area (Å²) >= 11 is 4.87. The maximum atomic E-state index is 11.8. The van der Waals surface area contributed by atoms with Crippen LogP contribution in [0.3, 0.4) is 0 Å². The van der Waals surface area contributed by atoms with Gasteiger partial charge in [0.25, 0.3) is 5.91 Å². The van der Waals surface area contributed by atoms with Gasteiger partial charge >= 0.3 is 0 Å². The number of hydrogen-bond donors (Lipinski definition) is 2. The molecule has 0 aliphatic heterocycles. The molecule has 20 heavy (non-hydrogen) atoms. The van der Waals surface area contributed by atoms with Crippen LogP contribution in [0.1, 0.15) is 32.8 Å². The van der Waals surface area contributed by atoms with Gasteiger partial charge in [0.05, 0.1) is 0 Å². The van der Waals surface area contributed by atoms with E-state index in [1.807, 2.05) is 0 Å². The number of nitrogens with two attached hydrogens (primary N) is 1. The van der Waals surface area contributed by atoms with Crippen LogP contribution in [0.5, 0.6) is 5.75 Å². The molecule has 0 saturated heterocycles. The Labute approximate surface area is 125 Å². The molecule has 1 atom stereocenters. The van der Waals surface area contributed by atoms with Gasteiger partial charge in [-0.2, -0.15) is 0 Å². The Kier molecular flexibility index (Phi) is 6.45. The zero-order valence-corrected chi connectivity index (χ0v) is 13.0. The molecule has 0 fully saturated rings. The van der Waals surface area contributed by atoms with E-state index in [1.165, 1.54) is 0 Å². The minimum Gasteiger partial charge on any atom is -0.484 e. The second kappa shape index (κ2) is 7.85. The molecular weight excluding hydrogens is 272 g/mol. The van der Waals surface area contributed by atoms with Crippen molar-refractivity contribution in [3.8, 4) is 5.75 Å². The SMILES string of the molecule is CCC(NC(=O)COc1ccc(C(N)=S)cc1)C(C)C. The summed E-state index contributed by atoms with van der Waals surface area (Å²) in [6.07, 6.45) is 0.909. The molecule has 0 aliphatic carbocycles. The number of thiocarbonyl (C=S) groups is 1. The fourth-order valence-corrected chi connectivity index (χ4v) is 1.99. The van der Waals surface area contributed by atoms with E-state index in [9.17, 15) is 4.79 Å². The topological polar surface area (TPSA) is 64.3 Å². The van der Waals surface area contributed by atoms with Crippen molar-refractivity contribution in [2.24, 2.45) is 11.7 Å². The number of nitrogens with one attached hydrogen (secondary N) is 1. The smallest absolute Gasteiger partial charge is 0.258 e. The van der Waals surface area contributed by atoms with Crippen molar-refractivity contribution >= 4 is 23.1 Å². The molecule has 0 spiro atoms. The van der Waals surface area contributed by atoms with Crippen LogP contribution in [0.25, 0.3) is 0 Å². The maximum absolute atomic E-state index is 11.8. The molecule has 0 aromatic heterocycles. The lowest BCUT2D eigenvalue weighted by atomic mass is 10.0. The van der Waals surface area contributed by atoms with E-state index >= 15 is 0 Å². The molecule has 5 heteroatoms. The first-order valence-electron chi connectivity index (χ1n) is 6.76. The molecule has 1 unspecified atom stereocenters. The third kappa shape index (κ3) is 5.17. The van der Waals surface area contributed by atoms with Crippen molar-refractivity contribution in [1.82, 2.24) is 5.32 Å². The van der Waals surface area contributed by atoms with Crippen molar-refractivity contribution in [3.63, 3.8) is 0 Å². The van der Waals surface area contributed by atoms with Crippen molar-refractivity contribution < 1.29 is 9.53 Å². The van der Waals surface area contributed by atoms with E-state index < -0.39 is 0 Å². The van der Waals surface area contributed by atoms with Gasteiger partial charge in [-0.25, -0.2) is 0 Å². The van der Waals surface area contributed by atoms with Crippen LogP contribution in [0.2, 0.25) is 0 Å². The lowest BCUT2D eigenvalue weighted by molar-refractivity contribution is -0.124. The Hall–Kier alpha value is -1.62. The van der Waals surface area contributed by atoms with Gasteiger partial charge in [-0.05, 0) is 36.6 Å². The highest BCUT2D eigenvalue weighted by Crippen LogP contribution is 2.12. The van der Waals surface area contributed by atoms with Crippen LogP contribution < -0.4 is 15.8 Å². The zero-order chi connectivity index (χ0) is 15.1. The maximum Gasteiger partial charge on any atom is 0.258 e. The van der Waals surface area contributed by atoms with Gasteiger partial charge in [0.2, 0.25) is 0 Å². The van der Waals surface area contributed by atoms with Crippen LogP contribution in [-0.4, -0.2) is 23.5 Å². The van der Waals surface area contributed by atoms with E-state index in [0.717, 1.165) is 12.0 Å². The normalized spacial score (nSPS) is 12.0. The molecular formula is C15H22N2O2S. The number of carbonyl (C=O) groups is 1. The predicted octanol–water partition coefficient (Wildman–Crippen LogP) is 2.25. The Balaban J connectivity index is 2.46. The summed E-state index contributed by atoms with van der Waals surface area (Å²) in [5, 5.41) is 2.96. The number of benzene rings is 1. The first-order valence-corrected chi connectivity index (χ1v) is 7.16. The molecule has 1 rings (SSSR count). The lowest BCUT2D eigenvalue weighted by Crippen LogP contribution is -2.40. The summed E-state index contributed by atoms with van der Waals surface area (Å²) in [5.41, 5.74) is 6.29. The van der Waals surface area contributed by atoms with Crippen molar-refractivity contribution in [3.05, 3.63) is 29.8 Å². The van der Waals surface area contributed by atoms with E-state index in [0.29, 0.717) is 16.7 Å². The summed E-state index contributed by atoms with van der Waals surface area (Å²) in [7, 11) is 0. The monoisotopic (exact) mass is 294 g/mol. The van der Waals surface area contributed by atoms with Gasteiger partial charge in [-0.3, -0.25) is 4.79 Å². The van der Waals surface area contributed by atoms with Crippen molar-refractivity contribution in [2.75, 3.05) is 6.61 Å². The molecule has 1 aromatic rings. The number of ether oxygens (including phenoxy) is 1. The minimum absolute atomic E-state index is 0.00956. The quantitative estimate of drug-likeness (QED) is 0.757. The average Bonchev–Trinajstić information content (AvgIpc) is 2.42. The molecule has 1 aromatic carbocycles. The van der Waals surface area contributed by atoms with Gasteiger partial charge in [0, 0.05) is 11.6 Å².